The second-order valence-electron chi connectivity index (χ2n) is 4.82. The van der Waals surface area contributed by atoms with Gasteiger partial charge < -0.3 is 10.1 Å². The van der Waals surface area contributed by atoms with E-state index in [1.54, 1.807) is 0 Å². The zero-order chi connectivity index (χ0) is 12.5. The quantitative estimate of drug-likeness (QED) is 0.900. The molecule has 0 bridgehead atoms. The summed E-state index contributed by atoms with van der Waals surface area (Å²) in [5, 5.41) is 4.76. The number of ether oxygens (including phenoxy) is 1. The number of hydrogen-bond donors (Lipinski definition) is 1. The van der Waals surface area contributed by atoms with Gasteiger partial charge in [-0.05, 0) is 26.8 Å². The van der Waals surface area contributed by atoms with E-state index in [0.717, 1.165) is 26.1 Å². The van der Waals surface area contributed by atoms with E-state index in [1.165, 1.54) is 15.6 Å². The molecule has 0 spiro atoms. The van der Waals surface area contributed by atoms with Crippen LogP contribution in [0.1, 0.15) is 35.8 Å². The lowest BCUT2D eigenvalue weighted by molar-refractivity contribution is -0.00601. The predicted octanol–water partition coefficient (Wildman–Crippen LogP) is 2.49. The van der Waals surface area contributed by atoms with Gasteiger partial charge in [-0.15, -0.1) is 11.3 Å². The minimum absolute atomic E-state index is 0.0150. The molecule has 0 amide bonds. The molecule has 1 fully saturated rings. The third-order valence-electron chi connectivity index (χ3n) is 3.91. The first-order valence-corrected chi connectivity index (χ1v) is 7.19. The normalized spacial score (nSPS) is 29.5. The SMILES string of the molecule is CCc1nc(C2(NC)CCOCC2C)sc1C. The highest BCUT2D eigenvalue weighted by molar-refractivity contribution is 7.11. The zero-order valence-corrected chi connectivity index (χ0v) is 12.0. The fourth-order valence-electron chi connectivity index (χ4n) is 2.62. The first kappa shape index (κ1) is 13.0. The monoisotopic (exact) mass is 254 g/mol. The molecule has 1 aliphatic heterocycles. The van der Waals surface area contributed by atoms with Crippen molar-refractivity contribution in [2.24, 2.45) is 5.92 Å². The van der Waals surface area contributed by atoms with Gasteiger partial charge in [0.25, 0.3) is 0 Å². The van der Waals surface area contributed by atoms with E-state index in [-0.39, 0.29) is 5.54 Å². The Hall–Kier alpha value is -0.450. The van der Waals surface area contributed by atoms with E-state index in [2.05, 4.69) is 26.1 Å². The van der Waals surface area contributed by atoms with Crippen LogP contribution in [-0.2, 0) is 16.7 Å². The Bertz CT molecular complexity index is 391. The van der Waals surface area contributed by atoms with Crippen molar-refractivity contribution in [2.75, 3.05) is 20.3 Å². The lowest BCUT2D eigenvalue weighted by Crippen LogP contribution is -2.50. The number of nitrogens with zero attached hydrogens (tertiary/aromatic N) is 1. The molecule has 2 rings (SSSR count). The molecule has 1 saturated heterocycles. The highest BCUT2D eigenvalue weighted by Gasteiger charge is 2.41. The van der Waals surface area contributed by atoms with Crippen molar-refractivity contribution in [2.45, 2.75) is 39.2 Å². The Morgan fingerprint density at radius 3 is 2.88 bits per heavy atom. The van der Waals surface area contributed by atoms with Gasteiger partial charge in [0.05, 0.1) is 17.8 Å². The summed E-state index contributed by atoms with van der Waals surface area (Å²) in [4.78, 5) is 6.20. The molecule has 1 N–H and O–H groups in total. The minimum atomic E-state index is 0.0150. The van der Waals surface area contributed by atoms with Gasteiger partial charge in [0.2, 0.25) is 0 Å². The maximum Gasteiger partial charge on any atom is 0.114 e. The van der Waals surface area contributed by atoms with E-state index >= 15 is 0 Å². The Morgan fingerprint density at radius 2 is 2.35 bits per heavy atom. The Balaban J connectivity index is 2.39. The predicted molar refractivity (Wildman–Crippen MR) is 71.6 cm³/mol. The molecule has 1 aliphatic rings. The van der Waals surface area contributed by atoms with Gasteiger partial charge >= 0.3 is 0 Å². The summed E-state index contributed by atoms with van der Waals surface area (Å²) < 4.78 is 5.56. The van der Waals surface area contributed by atoms with Crippen LogP contribution in [0, 0.1) is 12.8 Å². The molecule has 1 aromatic heterocycles. The molecular formula is C13H22N2OS. The smallest absolute Gasteiger partial charge is 0.114 e. The highest BCUT2D eigenvalue weighted by Crippen LogP contribution is 2.39. The zero-order valence-electron chi connectivity index (χ0n) is 11.2. The van der Waals surface area contributed by atoms with Gasteiger partial charge in [0.15, 0.2) is 0 Å². The van der Waals surface area contributed by atoms with Crippen molar-refractivity contribution in [1.82, 2.24) is 10.3 Å². The van der Waals surface area contributed by atoms with Crippen LogP contribution in [0.5, 0.6) is 0 Å². The van der Waals surface area contributed by atoms with Crippen molar-refractivity contribution >= 4 is 11.3 Å². The average molecular weight is 254 g/mol. The molecule has 17 heavy (non-hydrogen) atoms. The molecule has 0 radical (unpaired) electrons. The molecule has 2 atom stereocenters. The van der Waals surface area contributed by atoms with Crippen LogP contribution < -0.4 is 5.32 Å². The lowest BCUT2D eigenvalue weighted by Gasteiger charge is -2.40. The maximum atomic E-state index is 5.56. The van der Waals surface area contributed by atoms with Crippen LogP contribution in [-0.4, -0.2) is 25.2 Å². The van der Waals surface area contributed by atoms with Crippen LogP contribution in [0.25, 0.3) is 0 Å². The summed E-state index contributed by atoms with van der Waals surface area (Å²) >= 11 is 1.84. The standard InChI is InChI=1S/C13H22N2OS/c1-5-11-10(3)17-12(15-11)13(14-4)6-7-16-8-9(13)2/h9,14H,5-8H2,1-4H3. The topological polar surface area (TPSA) is 34.2 Å². The van der Waals surface area contributed by atoms with E-state index in [1.807, 2.05) is 18.4 Å². The number of aryl methyl sites for hydroxylation is 2. The van der Waals surface area contributed by atoms with Crippen molar-refractivity contribution < 1.29 is 4.74 Å². The van der Waals surface area contributed by atoms with Crippen LogP contribution >= 0.6 is 11.3 Å². The Kier molecular flexibility index (Phi) is 3.85. The summed E-state index contributed by atoms with van der Waals surface area (Å²) in [5.74, 6) is 0.469. The number of rotatable bonds is 3. The number of hydrogen-bond acceptors (Lipinski definition) is 4. The third-order valence-corrected chi connectivity index (χ3v) is 5.10. The van der Waals surface area contributed by atoms with Crippen LogP contribution in [0.2, 0.25) is 0 Å². The van der Waals surface area contributed by atoms with E-state index in [9.17, 15) is 0 Å². The number of nitrogens with one attached hydrogen (secondary N) is 1. The largest absolute Gasteiger partial charge is 0.381 e. The molecule has 0 aliphatic carbocycles. The van der Waals surface area contributed by atoms with Crippen LogP contribution in [0.4, 0.5) is 0 Å². The summed E-state index contributed by atoms with van der Waals surface area (Å²) in [7, 11) is 2.05. The van der Waals surface area contributed by atoms with Crippen molar-refractivity contribution in [1.29, 1.82) is 0 Å². The fourth-order valence-corrected chi connectivity index (χ4v) is 3.97. The van der Waals surface area contributed by atoms with Crippen molar-refractivity contribution in [3.63, 3.8) is 0 Å². The Labute approximate surface area is 108 Å². The molecule has 0 aromatic carbocycles. The second kappa shape index (κ2) is 5.04. The first-order chi connectivity index (χ1) is 8.14. The minimum Gasteiger partial charge on any atom is -0.381 e. The Morgan fingerprint density at radius 1 is 1.59 bits per heavy atom. The van der Waals surface area contributed by atoms with Gasteiger partial charge in [0, 0.05) is 17.4 Å². The molecule has 1 aromatic rings. The summed E-state index contributed by atoms with van der Waals surface area (Å²) in [5.41, 5.74) is 1.26. The van der Waals surface area contributed by atoms with Crippen LogP contribution in [0.3, 0.4) is 0 Å². The molecule has 0 saturated carbocycles. The van der Waals surface area contributed by atoms with E-state index in [0.29, 0.717) is 5.92 Å². The molecule has 3 nitrogen and oxygen atoms in total. The number of aromatic nitrogens is 1. The fraction of sp³-hybridized carbons (Fsp3) is 0.769. The lowest BCUT2D eigenvalue weighted by atomic mass is 9.82. The van der Waals surface area contributed by atoms with Gasteiger partial charge in [-0.1, -0.05) is 13.8 Å². The van der Waals surface area contributed by atoms with Gasteiger partial charge in [-0.3, -0.25) is 0 Å². The number of thiazole rings is 1. The third kappa shape index (κ3) is 2.14. The average Bonchev–Trinajstić information content (AvgIpc) is 2.72. The van der Waals surface area contributed by atoms with Gasteiger partial charge in [0.1, 0.15) is 5.01 Å². The summed E-state index contributed by atoms with van der Waals surface area (Å²) in [6.45, 7) is 8.24. The van der Waals surface area contributed by atoms with Gasteiger partial charge in [-0.25, -0.2) is 4.98 Å². The van der Waals surface area contributed by atoms with E-state index in [4.69, 9.17) is 9.72 Å². The highest BCUT2D eigenvalue weighted by atomic mass is 32.1. The molecule has 2 heterocycles. The second-order valence-corrected chi connectivity index (χ2v) is 6.03. The summed E-state index contributed by atoms with van der Waals surface area (Å²) in [6, 6.07) is 0. The first-order valence-electron chi connectivity index (χ1n) is 6.37. The molecule has 2 unspecified atom stereocenters. The molecular weight excluding hydrogens is 232 g/mol. The maximum absolute atomic E-state index is 5.56. The van der Waals surface area contributed by atoms with Crippen molar-refractivity contribution in [3.8, 4) is 0 Å². The molecule has 96 valence electrons. The molecule has 4 heteroatoms. The van der Waals surface area contributed by atoms with Gasteiger partial charge in [-0.2, -0.15) is 0 Å². The van der Waals surface area contributed by atoms with E-state index < -0.39 is 0 Å². The van der Waals surface area contributed by atoms with Crippen molar-refractivity contribution in [3.05, 3.63) is 15.6 Å². The summed E-state index contributed by atoms with van der Waals surface area (Å²) in [6.07, 6.45) is 2.04. The van der Waals surface area contributed by atoms with Crippen LogP contribution in [0.15, 0.2) is 0 Å².